The zero-order valence-electron chi connectivity index (χ0n) is 18.7. The molecule has 0 unspecified atom stereocenters. The molecule has 0 saturated heterocycles. The van der Waals surface area contributed by atoms with Crippen LogP contribution in [0.4, 0.5) is 10.5 Å². The van der Waals surface area contributed by atoms with Gasteiger partial charge in [0.25, 0.3) is 0 Å². The van der Waals surface area contributed by atoms with Gasteiger partial charge in [0.15, 0.2) is 0 Å². The third-order valence-corrected chi connectivity index (χ3v) is 5.12. The lowest BCUT2D eigenvalue weighted by Gasteiger charge is -2.20. The molecule has 0 heterocycles. The van der Waals surface area contributed by atoms with Gasteiger partial charge in [-0.1, -0.05) is 31.9 Å². The third kappa shape index (κ3) is 6.64. The fraction of sp³-hybridized carbons (Fsp3) is 0.417. The second-order valence-electron chi connectivity index (χ2n) is 7.30. The number of carboxylic acid groups (broad SMARTS) is 1. The second kappa shape index (κ2) is 11.8. The lowest BCUT2D eigenvalue weighted by molar-refractivity contribution is -0.136. The summed E-state index contributed by atoms with van der Waals surface area (Å²) in [6.07, 6.45) is 3.45. The van der Waals surface area contributed by atoms with Crippen molar-refractivity contribution in [2.45, 2.75) is 39.0 Å². The van der Waals surface area contributed by atoms with E-state index >= 15 is 0 Å². The van der Waals surface area contributed by atoms with E-state index in [1.807, 2.05) is 36.4 Å². The van der Waals surface area contributed by atoms with Gasteiger partial charge in [-0.3, -0.25) is 9.69 Å². The van der Waals surface area contributed by atoms with Crippen LogP contribution in [0.25, 0.3) is 11.1 Å². The highest BCUT2D eigenvalue weighted by Gasteiger charge is 2.16. The quantitative estimate of drug-likeness (QED) is 0.506. The molecule has 7 heteroatoms. The van der Waals surface area contributed by atoms with Crippen LogP contribution in [0, 0.1) is 0 Å². The number of anilines is 1. The van der Waals surface area contributed by atoms with E-state index in [1.165, 1.54) is 0 Å². The van der Waals surface area contributed by atoms with Gasteiger partial charge in [-0.15, -0.1) is 0 Å². The molecular weight excluding hydrogens is 396 g/mol. The Kier molecular flexibility index (Phi) is 9.18. The van der Waals surface area contributed by atoms with Crippen molar-refractivity contribution in [1.29, 1.82) is 0 Å². The number of benzene rings is 2. The molecule has 0 radical (unpaired) electrons. The number of nitrogens with zero attached hydrogens (tertiary/aromatic N) is 1. The fourth-order valence-corrected chi connectivity index (χ4v) is 3.33. The van der Waals surface area contributed by atoms with Crippen LogP contribution in [-0.4, -0.2) is 44.9 Å². The number of nitrogens with one attached hydrogen (secondary N) is 1. The summed E-state index contributed by atoms with van der Waals surface area (Å²) >= 11 is 0. The molecule has 2 amide bonds. The van der Waals surface area contributed by atoms with E-state index < -0.39 is 5.97 Å². The standard InChI is InChI=1S/C24H32N2O5/c1-5-6-7-13-25-24(29)26(2)19-10-8-9-17(14-19)18-15-21(30-3)20(11-12-23(27)28)22(16-18)31-4/h8-10,14-16H,5-7,11-13H2,1-4H3,(H,25,29)(H,27,28). The number of ether oxygens (including phenoxy) is 2. The predicted molar refractivity (Wildman–Crippen MR) is 122 cm³/mol. The number of rotatable bonds is 11. The van der Waals surface area contributed by atoms with Gasteiger partial charge >= 0.3 is 12.0 Å². The van der Waals surface area contributed by atoms with E-state index in [0.29, 0.717) is 24.5 Å². The Bertz CT molecular complexity index is 872. The number of amides is 2. The molecule has 2 rings (SSSR count). The maximum absolute atomic E-state index is 12.5. The first-order chi connectivity index (χ1) is 14.9. The van der Waals surface area contributed by atoms with Crippen LogP contribution < -0.4 is 19.7 Å². The van der Waals surface area contributed by atoms with Crippen molar-refractivity contribution < 1.29 is 24.2 Å². The Balaban J connectivity index is 2.28. The molecule has 7 nitrogen and oxygen atoms in total. The molecule has 2 N–H and O–H groups in total. The Labute approximate surface area is 184 Å². The Hall–Kier alpha value is -3.22. The SMILES string of the molecule is CCCCCNC(=O)N(C)c1cccc(-c2cc(OC)c(CCC(=O)O)c(OC)c2)c1. The molecule has 31 heavy (non-hydrogen) atoms. The maximum atomic E-state index is 12.5. The first-order valence-corrected chi connectivity index (χ1v) is 10.5. The third-order valence-electron chi connectivity index (χ3n) is 5.12. The van der Waals surface area contributed by atoms with Gasteiger partial charge in [0.1, 0.15) is 11.5 Å². The van der Waals surface area contributed by atoms with Crippen molar-refractivity contribution in [3.05, 3.63) is 42.0 Å². The number of hydrogen-bond donors (Lipinski definition) is 2. The summed E-state index contributed by atoms with van der Waals surface area (Å²) < 4.78 is 11.0. The van der Waals surface area contributed by atoms with Gasteiger partial charge in [-0.2, -0.15) is 0 Å². The average Bonchev–Trinajstić information content (AvgIpc) is 2.79. The first kappa shape index (κ1) is 24.1. The Morgan fingerprint density at radius 1 is 1.03 bits per heavy atom. The Morgan fingerprint density at radius 2 is 1.71 bits per heavy atom. The molecule has 0 bridgehead atoms. The van der Waals surface area contributed by atoms with Crippen molar-refractivity contribution >= 4 is 17.7 Å². The zero-order valence-corrected chi connectivity index (χ0v) is 18.7. The molecule has 0 aromatic heterocycles. The van der Waals surface area contributed by atoms with Crippen molar-refractivity contribution in [2.75, 3.05) is 32.7 Å². The second-order valence-corrected chi connectivity index (χ2v) is 7.30. The van der Waals surface area contributed by atoms with Crippen LogP contribution in [0.5, 0.6) is 11.5 Å². The van der Waals surface area contributed by atoms with E-state index in [9.17, 15) is 9.59 Å². The molecule has 0 aliphatic heterocycles. The smallest absolute Gasteiger partial charge is 0.321 e. The topological polar surface area (TPSA) is 88.1 Å². The number of unbranched alkanes of at least 4 members (excludes halogenated alkanes) is 2. The van der Waals surface area contributed by atoms with Crippen LogP contribution in [-0.2, 0) is 11.2 Å². The highest BCUT2D eigenvalue weighted by Crippen LogP contribution is 2.36. The summed E-state index contributed by atoms with van der Waals surface area (Å²) in [6.45, 7) is 2.78. The van der Waals surface area contributed by atoms with Gasteiger partial charge in [0, 0.05) is 31.3 Å². The highest BCUT2D eigenvalue weighted by molar-refractivity contribution is 5.92. The number of carbonyl (C=O) groups excluding carboxylic acids is 1. The number of aliphatic carboxylic acids is 1. The summed E-state index contributed by atoms with van der Waals surface area (Å²) in [7, 11) is 4.84. The van der Waals surface area contributed by atoms with Crippen molar-refractivity contribution in [2.24, 2.45) is 0 Å². The lowest BCUT2D eigenvalue weighted by atomic mass is 9.99. The van der Waals surface area contributed by atoms with Crippen LogP contribution in [0.15, 0.2) is 36.4 Å². The highest BCUT2D eigenvalue weighted by atomic mass is 16.5. The van der Waals surface area contributed by atoms with E-state index in [-0.39, 0.29) is 12.5 Å². The van der Waals surface area contributed by atoms with E-state index in [0.717, 1.165) is 41.6 Å². The summed E-state index contributed by atoms with van der Waals surface area (Å²) in [6, 6.07) is 11.2. The van der Waals surface area contributed by atoms with Gasteiger partial charge < -0.3 is 19.9 Å². The van der Waals surface area contributed by atoms with Gasteiger partial charge in [0.2, 0.25) is 0 Å². The van der Waals surface area contributed by atoms with Crippen molar-refractivity contribution in [3.63, 3.8) is 0 Å². The minimum atomic E-state index is -0.878. The normalized spacial score (nSPS) is 10.5. The van der Waals surface area contributed by atoms with Crippen LogP contribution in [0.3, 0.4) is 0 Å². The van der Waals surface area contributed by atoms with Crippen LogP contribution >= 0.6 is 0 Å². The molecular formula is C24H32N2O5. The fourth-order valence-electron chi connectivity index (χ4n) is 3.33. The minimum absolute atomic E-state index is 0.0142. The molecule has 2 aromatic carbocycles. The molecule has 0 fully saturated rings. The summed E-state index contributed by atoms with van der Waals surface area (Å²) in [5.74, 6) is 0.267. The molecule has 0 aliphatic rings. The number of hydrogen-bond acceptors (Lipinski definition) is 4. The van der Waals surface area contributed by atoms with Crippen LogP contribution in [0.1, 0.15) is 38.2 Å². The maximum Gasteiger partial charge on any atom is 0.321 e. The number of carbonyl (C=O) groups is 2. The van der Waals surface area contributed by atoms with Gasteiger partial charge in [-0.25, -0.2) is 4.79 Å². The first-order valence-electron chi connectivity index (χ1n) is 10.5. The minimum Gasteiger partial charge on any atom is -0.496 e. The number of urea groups is 1. The molecule has 0 atom stereocenters. The lowest BCUT2D eigenvalue weighted by Crippen LogP contribution is -2.37. The van der Waals surface area contributed by atoms with E-state index in [1.54, 1.807) is 26.2 Å². The molecule has 0 spiro atoms. The molecule has 2 aromatic rings. The number of methoxy groups -OCH3 is 2. The monoisotopic (exact) mass is 428 g/mol. The average molecular weight is 429 g/mol. The van der Waals surface area contributed by atoms with Crippen molar-refractivity contribution in [3.8, 4) is 22.6 Å². The molecule has 0 saturated carbocycles. The van der Waals surface area contributed by atoms with Gasteiger partial charge in [0.05, 0.1) is 14.2 Å². The summed E-state index contributed by atoms with van der Waals surface area (Å²) in [4.78, 5) is 25.0. The zero-order chi connectivity index (χ0) is 22.8. The summed E-state index contributed by atoms with van der Waals surface area (Å²) in [5.41, 5.74) is 3.23. The van der Waals surface area contributed by atoms with Crippen LogP contribution in [0.2, 0.25) is 0 Å². The van der Waals surface area contributed by atoms with Crippen molar-refractivity contribution in [1.82, 2.24) is 5.32 Å². The number of carboxylic acids is 1. The van der Waals surface area contributed by atoms with E-state index in [4.69, 9.17) is 14.6 Å². The Morgan fingerprint density at radius 3 is 2.29 bits per heavy atom. The van der Waals surface area contributed by atoms with E-state index in [2.05, 4.69) is 12.2 Å². The summed E-state index contributed by atoms with van der Waals surface area (Å²) in [5, 5.41) is 12.0. The predicted octanol–water partition coefficient (Wildman–Crippen LogP) is 4.72. The molecule has 0 aliphatic carbocycles. The molecule has 168 valence electrons. The largest absolute Gasteiger partial charge is 0.496 e. The van der Waals surface area contributed by atoms with Gasteiger partial charge in [-0.05, 0) is 48.2 Å².